The van der Waals surface area contributed by atoms with E-state index in [1.165, 1.54) is 7.11 Å². The number of phosphoric acid groups is 1. The number of phosphoric ester groups is 1. The van der Waals surface area contributed by atoms with E-state index in [0.29, 0.717) is 17.7 Å². The van der Waals surface area contributed by atoms with Crippen molar-refractivity contribution in [2.24, 2.45) is 0 Å². The zero-order valence-corrected chi connectivity index (χ0v) is 13.6. The van der Waals surface area contributed by atoms with E-state index in [2.05, 4.69) is 9.84 Å². The lowest BCUT2D eigenvalue weighted by molar-refractivity contribution is -0.122. The van der Waals surface area contributed by atoms with Gasteiger partial charge in [0.15, 0.2) is 0 Å². The molecule has 0 saturated heterocycles. The highest BCUT2D eigenvalue weighted by Crippen LogP contribution is 2.37. The predicted octanol–water partition coefficient (Wildman–Crippen LogP) is 2.15. The Bertz CT molecular complexity index is 530. The van der Waals surface area contributed by atoms with Gasteiger partial charge in [-0.2, -0.15) is 0 Å². The Morgan fingerprint density at radius 2 is 2.14 bits per heavy atom. The highest BCUT2D eigenvalue weighted by Gasteiger charge is 2.21. The van der Waals surface area contributed by atoms with Gasteiger partial charge in [0.25, 0.3) is 0 Å². The number of carbonyl (C=O) groups excluding carboxylic acids is 1. The molecule has 0 fully saturated rings. The molecule has 0 heterocycles. The molecule has 7 nitrogen and oxygen atoms in total. The molecule has 3 N–H and O–H groups in total. The van der Waals surface area contributed by atoms with Crippen molar-refractivity contribution in [1.82, 2.24) is 5.32 Å². The topological polar surface area (TPSA) is 105 Å². The lowest BCUT2D eigenvalue weighted by Gasteiger charge is -2.20. The SMILES string of the molecule is CCCCC(=O)NC(COP(=O)(O)O)c1cccc(OC)c1. The van der Waals surface area contributed by atoms with Crippen LogP contribution in [0.5, 0.6) is 5.75 Å². The van der Waals surface area contributed by atoms with E-state index >= 15 is 0 Å². The summed E-state index contributed by atoms with van der Waals surface area (Å²) in [6.07, 6.45) is 1.99. The highest BCUT2D eigenvalue weighted by atomic mass is 31.2. The standard InChI is InChI=1S/C14H22NO6P/c1-3-4-8-14(16)15-13(10-21-22(17,18)19)11-6-5-7-12(9-11)20-2/h5-7,9,13H,3-4,8,10H2,1-2H3,(H,15,16)(H2,17,18,19). The number of nitrogens with one attached hydrogen (secondary N) is 1. The van der Waals surface area contributed by atoms with E-state index in [1.54, 1.807) is 24.3 Å². The number of hydrogen-bond donors (Lipinski definition) is 3. The quantitative estimate of drug-likeness (QED) is 0.599. The van der Waals surface area contributed by atoms with Crippen LogP contribution in [0.3, 0.4) is 0 Å². The molecule has 22 heavy (non-hydrogen) atoms. The van der Waals surface area contributed by atoms with Crippen molar-refractivity contribution in [3.8, 4) is 5.75 Å². The van der Waals surface area contributed by atoms with Crippen LogP contribution in [0.4, 0.5) is 0 Å². The number of benzene rings is 1. The molecule has 0 aliphatic rings. The monoisotopic (exact) mass is 331 g/mol. The fourth-order valence-corrected chi connectivity index (χ4v) is 2.20. The normalized spacial score (nSPS) is 12.7. The maximum absolute atomic E-state index is 11.9. The lowest BCUT2D eigenvalue weighted by Crippen LogP contribution is -2.31. The summed E-state index contributed by atoms with van der Waals surface area (Å²) in [7, 11) is -3.09. The molecule has 124 valence electrons. The minimum atomic E-state index is -4.61. The van der Waals surface area contributed by atoms with Crippen molar-refractivity contribution in [3.63, 3.8) is 0 Å². The summed E-state index contributed by atoms with van der Waals surface area (Å²) in [5.74, 6) is 0.394. The van der Waals surface area contributed by atoms with Gasteiger partial charge >= 0.3 is 7.82 Å². The smallest absolute Gasteiger partial charge is 0.469 e. The van der Waals surface area contributed by atoms with Gasteiger partial charge in [0.1, 0.15) is 5.75 Å². The summed E-state index contributed by atoms with van der Waals surface area (Å²) in [5.41, 5.74) is 0.651. The first-order valence-corrected chi connectivity index (χ1v) is 8.52. The number of amides is 1. The molecule has 0 bridgehead atoms. The van der Waals surface area contributed by atoms with Crippen LogP contribution in [0.15, 0.2) is 24.3 Å². The van der Waals surface area contributed by atoms with Crippen LogP contribution < -0.4 is 10.1 Å². The summed E-state index contributed by atoms with van der Waals surface area (Å²) in [6.45, 7) is 1.65. The van der Waals surface area contributed by atoms with Crippen molar-refractivity contribution < 1.29 is 28.4 Å². The van der Waals surface area contributed by atoms with Gasteiger partial charge in [0, 0.05) is 6.42 Å². The van der Waals surface area contributed by atoms with Crippen LogP contribution in [0.2, 0.25) is 0 Å². The fourth-order valence-electron chi connectivity index (χ4n) is 1.85. The molecule has 0 saturated carbocycles. The van der Waals surface area contributed by atoms with Crippen LogP contribution in [-0.4, -0.2) is 29.4 Å². The second-order valence-corrected chi connectivity index (χ2v) is 6.03. The predicted molar refractivity (Wildman–Crippen MR) is 81.4 cm³/mol. The molecule has 0 spiro atoms. The summed E-state index contributed by atoms with van der Waals surface area (Å²) in [6, 6.07) is 6.23. The first kappa shape index (κ1) is 18.6. The zero-order valence-electron chi connectivity index (χ0n) is 12.7. The van der Waals surface area contributed by atoms with Crippen molar-refractivity contribution in [2.75, 3.05) is 13.7 Å². The second-order valence-electron chi connectivity index (χ2n) is 4.79. The Morgan fingerprint density at radius 3 is 2.73 bits per heavy atom. The molecule has 0 aliphatic heterocycles. The average molecular weight is 331 g/mol. The van der Waals surface area contributed by atoms with Gasteiger partial charge in [0.2, 0.25) is 5.91 Å². The van der Waals surface area contributed by atoms with Crippen molar-refractivity contribution in [1.29, 1.82) is 0 Å². The van der Waals surface area contributed by atoms with Gasteiger partial charge in [-0.1, -0.05) is 25.5 Å². The Labute approximate surface area is 129 Å². The third kappa shape index (κ3) is 7.04. The van der Waals surface area contributed by atoms with E-state index in [0.717, 1.165) is 12.8 Å². The van der Waals surface area contributed by atoms with Gasteiger partial charge in [0.05, 0.1) is 19.8 Å². The molecule has 0 aliphatic carbocycles. The van der Waals surface area contributed by atoms with E-state index in [4.69, 9.17) is 14.5 Å². The van der Waals surface area contributed by atoms with Crippen molar-refractivity contribution in [2.45, 2.75) is 32.2 Å². The molecule has 0 radical (unpaired) electrons. The third-order valence-corrected chi connectivity index (χ3v) is 3.48. The van der Waals surface area contributed by atoms with E-state index in [1.807, 2.05) is 6.92 Å². The van der Waals surface area contributed by atoms with Gasteiger partial charge in [-0.15, -0.1) is 0 Å². The molecular formula is C14H22NO6P. The first-order chi connectivity index (χ1) is 10.4. The molecule has 1 aromatic carbocycles. The number of unbranched alkanes of at least 4 members (excludes halogenated alkanes) is 1. The number of methoxy groups -OCH3 is 1. The van der Waals surface area contributed by atoms with Crippen molar-refractivity contribution in [3.05, 3.63) is 29.8 Å². The number of ether oxygens (including phenoxy) is 1. The average Bonchev–Trinajstić information content (AvgIpc) is 2.48. The molecule has 1 rings (SSSR count). The van der Waals surface area contributed by atoms with Crippen LogP contribution >= 0.6 is 7.82 Å². The maximum atomic E-state index is 11.9. The fraction of sp³-hybridized carbons (Fsp3) is 0.500. The van der Waals surface area contributed by atoms with E-state index in [9.17, 15) is 9.36 Å². The van der Waals surface area contributed by atoms with Crippen molar-refractivity contribution >= 4 is 13.7 Å². The molecular weight excluding hydrogens is 309 g/mol. The first-order valence-electron chi connectivity index (χ1n) is 6.99. The third-order valence-electron chi connectivity index (χ3n) is 3.00. The number of hydrogen-bond acceptors (Lipinski definition) is 4. The Kier molecular flexibility index (Phi) is 7.55. The minimum absolute atomic E-state index is 0.191. The Morgan fingerprint density at radius 1 is 1.41 bits per heavy atom. The van der Waals surface area contributed by atoms with Gasteiger partial charge < -0.3 is 19.8 Å². The summed E-state index contributed by atoms with van der Waals surface area (Å²) in [4.78, 5) is 29.6. The Hall–Kier alpha value is -1.40. The van der Waals surface area contributed by atoms with Gasteiger partial charge in [-0.3, -0.25) is 9.32 Å². The van der Waals surface area contributed by atoms with Gasteiger partial charge in [-0.05, 0) is 24.1 Å². The highest BCUT2D eigenvalue weighted by molar-refractivity contribution is 7.46. The Balaban J connectivity index is 2.84. The largest absolute Gasteiger partial charge is 0.497 e. The summed E-state index contributed by atoms with van der Waals surface area (Å²) in [5, 5.41) is 2.73. The van der Waals surface area contributed by atoms with E-state index in [-0.39, 0.29) is 12.5 Å². The summed E-state index contributed by atoms with van der Waals surface area (Å²) >= 11 is 0. The molecule has 1 atom stereocenters. The number of carbonyl (C=O) groups is 1. The lowest BCUT2D eigenvalue weighted by atomic mass is 10.1. The van der Waals surface area contributed by atoms with Crippen LogP contribution in [0, 0.1) is 0 Å². The van der Waals surface area contributed by atoms with Crippen LogP contribution in [0.1, 0.15) is 37.8 Å². The number of rotatable bonds is 9. The molecule has 8 heteroatoms. The molecule has 1 amide bonds. The zero-order chi connectivity index (χ0) is 16.6. The van der Waals surface area contributed by atoms with E-state index < -0.39 is 13.9 Å². The maximum Gasteiger partial charge on any atom is 0.469 e. The second kappa shape index (κ2) is 8.90. The molecule has 1 aromatic rings. The van der Waals surface area contributed by atoms with Gasteiger partial charge in [-0.25, -0.2) is 4.57 Å². The van der Waals surface area contributed by atoms with Crippen LogP contribution in [-0.2, 0) is 13.9 Å². The molecule has 0 aromatic heterocycles. The van der Waals surface area contributed by atoms with Crippen LogP contribution in [0.25, 0.3) is 0 Å². The summed E-state index contributed by atoms with van der Waals surface area (Å²) < 4.78 is 20.5. The molecule has 1 unspecified atom stereocenters. The minimum Gasteiger partial charge on any atom is -0.497 e.